The number of anilines is 3. The molecule has 0 radical (unpaired) electrons. The van der Waals surface area contributed by atoms with Crippen LogP contribution in [0, 0.1) is 6.92 Å². The van der Waals surface area contributed by atoms with Crippen molar-refractivity contribution in [1.82, 2.24) is 4.90 Å². The molecule has 1 fully saturated rings. The molecule has 0 bridgehead atoms. The molecule has 6 nitrogen and oxygen atoms in total. The second-order valence-corrected chi connectivity index (χ2v) is 7.52. The van der Waals surface area contributed by atoms with E-state index in [1.54, 1.807) is 13.3 Å². The molecule has 1 saturated heterocycles. The number of ether oxygens (including phenoxy) is 1. The molecule has 2 heterocycles. The van der Waals surface area contributed by atoms with Gasteiger partial charge in [0, 0.05) is 68.7 Å². The van der Waals surface area contributed by atoms with E-state index in [2.05, 4.69) is 44.7 Å². The standard InChI is InChI=1S/C23H28N4O2/c1-17-4-3-5-21-22(17)20(23(28)25-21)16-24-18-6-8-19(9-7-18)27-12-10-26(11-13-27)14-15-29-2/h3-9,16,24H,10-15H2,1-2H3,(H,25,28). The molecule has 2 aliphatic rings. The zero-order chi connectivity index (χ0) is 20.2. The van der Waals surface area contributed by atoms with E-state index >= 15 is 0 Å². The molecule has 0 unspecified atom stereocenters. The number of piperazine rings is 1. The smallest absolute Gasteiger partial charge is 0.257 e. The molecule has 4 rings (SSSR count). The molecule has 0 saturated carbocycles. The summed E-state index contributed by atoms with van der Waals surface area (Å²) in [6.45, 7) is 7.98. The highest BCUT2D eigenvalue weighted by atomic mass is 16.5. The predicted molar refractivity (Wildman–Crippen MR) is 118 cm³/mol. The number of fused-ring (bicyclic) bond motifs is 1. The van der Waals surface area contributed by atoms with Gasteiger partial charge in [0.15, 0.2) is 0 Å². The van der Waals surface area contributed by atoms with Crippen LogP contribution >= 0.6 is 0 Å². The summed E-state index contributed by atoms with van der Waals surface area (Å²) in [6, 6.07) is 14.3. The Hall–Kier alpha value is -2.83. The molecule has 1 amide bonds. The fourth-order valence-electron chi connectivity index (χ4n) is 3.94. The topological polar surface area (TPSA) is 56.8 Å². The monoisotopic (exact) mass is 392 g/mol. The van der Waals surface area contributed by atoms with Crippen LogP contribution in [0.3, 0.4) is 0 Å². The number of nitrogens with one attached hydrogen (secondary N) is 2. The Labute approximate surface area is 172 Å². The van der Waals surface area contributed by atoms with Crippen LogP contribution in [0.2, 0.25) is 0 Å². The average molecular weight is 393 g/mol. The molecule has 152 valence electrons. The maximum atomic E-state index is 12.3. The number of hydrogen-bond acceptors (Lipinski definition) is 5. The first-order valence-electron chi connectivity index (χ1n) is 10.1. The highest BCUT2D eigenvalue weighted by molar-refractivity contribution is 6.32. The second-order valence-electron chi connectivity index (χ2n) is 7.52. The van der Waals surface area contributed by atoms with Crippen LogP contribution in [0.15, 0.2) is 48.7 Å². The van der Waals surface area contributed by atoms with Gasteiger partial charge in [0.25, 0.3) is 5.91 Å². The average Bonchev–Trinajstić information content (AvgIpc) is 3.08. The van der Waals surface area contributed by atoms with Gasteiger partial charge in [-0.3, -0.25) is 9.69 Å². The van der Waals surface area contributed by atoms with E-state index in [4.69, 9.17) is 4.74 Å². The summed E-state index contributed by atoms with van der Waals surface area (Å²) in [4.78, 5) is 17.2. The number of rotatable bonds is 6. The van der Waals surface area contributed by atoms with Crippen LogP contribution in [0.4, 0.5) is 17.1 Å². The number of aryl methyl sites for hydroxylation is 1. The summed E-state index contributed by atoms with van der Waals surface area (Å²) < 4.78 is 5.17. The van der Waals surface area contributed by atoms with E-state index in [0.29, 0.717) is 5.57 Å². The van der Waals surface area contributed by atoms with E-state index in [9.17, 15) is 4.79 Å². The lowest BCUT2D eigenvalue weighted by molar-refractivity contribution is -0.110. The summed E-state index contributed by atoms with van der Waals surface area (Å²) in [5, 5.41) is 6.21. The number of methoxy groups -OCH3 is 1. The van der Waals surface area contributed by atoms with Gasteiger partial charge in [-0.25, -0.2) is 0 Å². The molecule has 29 heavy (non-hydrogen) atoms. The van der Waals surface area contributed by atoms with Gasteiger partial charge < -0.3 is 20.3 Å². The van der Waals surface area contributed by atoms with Crippen molar-refractivity contribution in [2.45, 2.75) is 6.92 Å². The lowest BCUT2D eigenvalue weighted by Gasteiger charge is -2.36. The Balaban J connectivity index is 1.39. The van der Waals surface area contributed by atoms with Crippen LogP contribution in [0.25, 0.3) is 5.57 Å². The second kappa shape index (κ2) is 8.68. The number of nitrogens with zero attached hydrogens (tertiary/aromatic N) is 2. The number of amides is 1. The fraction of sp³-hybridized carbons (Fsp3) is 0.348. The largest absolute Gasteiger partial charge is 0.383 e. The maximum absolute atomic E-state index is 12.3. The summed E-state index contributed by atoms with van der Waals surface area (Å²) in [5.41, 5.74) is 5.82. The number of hydrogen-bond donors (Lipinski definition) is 2. The Morgan fingerprint density at radius 2 is 1.86 bits per heavy atom. The van der Waals surface area contributed by atoms with E-state index < -0.39 is 0 Å². The molecule has 2 aromatic rings. The van der Waals surface area contributed by atoms with Gasteiger partial charge in [0.2, 0.25) is 0 Å². The third-order valence-corrected chi connectivity index (χ3v) is 5.63. The van der Waals surface area contributed by atoms with Crippen molar-refractivity contribution in [3.63, 3.8) is 0 Å². The first-order chi connectivity index (χ1) is 14.2. The van der Waals surface area contributed by atoms with Crippen LogP contribution in [0.5, 0.6) is 0 Å². The van der Waals surface area contributed by atoms with Gasteiger partial charge >= 0.3 is 0 Å². The fourth-order valence-corrected chi connectivity index (χ4v) is 3.94. The number of carbonyl (C=O) groups is 1. The van der Waals surface area contributed by atoms with Gasteiger partial charge in [-0.05, 0) is 42.8 Å². The van der Waals surface area contributed by atoms with E-state index in [1.165, 1.54) is 5.69 Å². The van der Waals surface area contributed by atoms with Crippen molar-refractivity contribution in [1.29, 1.82) is 0 Å². The van der Waals surface area contributed by atoms with Crippen LogP contribution in [0.1, 0.15) is 11.1 Å². The number of carbonyl (C=O) groups excluding carboxylic acids is 1. The van der Waals surface area contributed by atoms with Crippen molar-refractivity contribution in [3.05, 3.63) is 59.8 Å². The highest BCUT2D eigenvalue weighted by Gasteiger charge is 2.25. The minimum absolute atomic E-state index is 0.0650. The van der Waals surface area contributed by atoms with Gasteiger partial charge in [0.1, 0.15) is 0 Å². The van der Waals surface area contributed by atoms with E-state index in [-0.39, 0.29) is 5.91 Å². The predicted octanol–water partition coefficient (Wildman–Crippen LogP) is 3.17. The van der Waals surface area contributed by atoms with E-state index in [0.717, 1.165) is 61.8 Å². The molecular formula is C23H28N4O2. The molecule has 2 aliphatic heterocycles. The van der Waals surface area contributed by atoms with Gasteiger partial charge in [-0.15, -0.1) is 0 Å². The van der Waals surface area contributed by atoms with Crippen LogP contribution < -0.4 is 15.5 Å². The summed E-state index contributed by atoms with van der Waals surface area (Å²) >= 11 is 0. The van der Waals surface area contributed by atoms with Crippen molar-refractivity contribution >= 4 is 28.5 Å². The van der Waals surface area contributed by atoms with Crippen molar-refractivity contribution in [2.75, 3.05) is 62.0 Å². The quantitative estimate of drug-likeness (QED) is 0.740. The minimum atomic E-state index is -0.0650. The Kier molecular flexibility index (Phi) is 5.83. The summed E-state index contributed by atoms with van der Waals surface area (Å²) in [5.74, 6) is -0.0650. The van der Waals surface area contributed by atoms with Crippen molar-refractivity contribution < 1.29 is 9.53 Å². The molecule has 2 aromatic carbocycles. The highest BCUT2D eigenvalue weighted by Crippen LogP contribution is 2.34. The van der Waals surface area contributed by atoms with Gasteiger partial charge in [0.05, 0.1) is 12.2 Å². The molecule has 0 atom stereocenters. The first-order valence-corrected chi connectivity index (χ1v) is 10.1. The van der Waals surface area contributed by atoms with Crippen molar-refractivity contribution in [3.8, 4) is 0 Å². The Morgan fingerprint density at radius 3 is 2.59 bits per heavy atom. The zero-order valence-electron chi connectivity index (χ0n) is 17.1. The summed E-state index contributed by atoms with van der Waals surface area (Å²) in [6.07, 6.45) is 1.80. The van der Waals surface area contributed by atoms with Crippen LogP contribution in [-0.4, -0.2) is 57.2 Å². The Morgan fingerprint density at radius 1 is 1.10 bits per heavy atom. The zero-order valence-corrected chi connectivity index (χ0v) is 17.1. The molecule has 0 aromatic heterocycles. The molecule has 6 heteroatoms. The lowest BCUT2D eigenvalue weighted by Crippen LogP contribution is -2.47. The SMILES string of the molecule is COCCN1CCN(c2ccc(NC=C3C(=O)Nc4cccc(C)c43)cc2)CC1. The normalized spacial score (nSPS) is 18.1. The lowest BCUT2D eigenvalue weighted by atomic mass is 10.0. The minimum Gasteiger partial charge on any atom is -0.383 e. The molecule has 0 aliphatic carbocycles. The van der Waals surface area contributed by atoms with E-state index in [1.807, 2.05) is 25.1 Å². The van der Waals surface area contributed by atoms with Crippen molar-refractivity contribution in [2.24, 2.45) is 0 Å². The third kappa shape index (κ3) is 4.28. The molecule has 2 N–H and O–H groups in total. The van der Waals surface area contributed by atoms with Gasteiger partial charge in [-0.2, -0.15) is 0 Å². The maximum Gasteiger partial charge on any atom is 0.257 e. The first kappa shape index (κ1) is 19.5. The Bertz CT molecular complexity index is 900. The molecule has 0 spiro atoms. The van der Waals surface area contributed by atoms with Gasteiger partial charge in [-0.1, -0.05) is 12.1 Å². The molecular weight excluding hydrogens is 364 g/mol. The van der Waals surface area contributed by atoms with Crippen LogP contribution in [-0.2, 0) is 9.53 Å². The number of benzene rings is 2. The third-order valence-electron chi connectivity index (χ3n) is 5.63. The summed E-state index contributed by atoms with van der Waals surface area (Å²) in [7, 11) is 1.75.